The summed E-state index contributed by atoms with van der Waals surface area (Å²) in [6, 6.07) is 6.77. The normalized spacial score (nSPS) is 27.1. The molecule has 0 amide bonds. The molecule has 4 atom stereocenters. The highest BCUT2D eigenvalue weighted by Gasteiger charge is 2.58. The fourth-order valence-corrected chi connectivity index (χ4v) is 5.73. The molecule has 1 aliphatic carbocycles. The van der Waals surface area contributed by atoms with Crippen molar-refractivity contribution < 1.29 is 30.3 Å². The summed E-state index contributed by atoms with van der Waals surface area (Å²) in [5.74, 6) is 0.441. The van der Waals surface area contributed by atoms with Gasteiger partial charge in [0.05, 0.1) is 12.2 Å². The van der Waals surface area contributed by atoms with Crippen molar-refractivity contribution >= 4 is 12.2 Å². The Kier molecular flexibility index (Phi) is 6.41. The van der Waals surface area contributed by atoms with Crippen LogP contribution in [0.5, 0.6) is 23.0 Å². The van der Waals surface area contributed by atoms with Crippen LogP contribution in [0.2, 0.25) is 0 Å². The molecule has 0 unspecified atom stereocenters. The summed E-state index contributed by atoms with van der Waals surface area (Å²) in [5.41, 5.74) is 2.53. The van der Waals surface area contributed by atoms with E-state index in [1.807, 2.05) is 52.8 Å². The molecule has 1 saturated carbocycles. The van der Waals surface area contributed by atoms with Crippen LogP contribution in [0.1, 0.15) is 63.3 Å². The number of aliphatic hydroxyl groups is 2. The molecule has 0 bridgehead atoms. The molecular formula is C29H36O6. The van der Waals surface area contributed by atoms with Gasteiger partial charge in [-0.2, -0.15) is 0 Å². The molecule has 0 aromatic heterocycles. The zero-order chi connectivity index (χ0) is 25.7. The molecule has 35 heavy (non-hydrogen) atoms. The molecule has 5 N–H and O–H groups in total. The van der Waals surface area contributed by atoms with Crippen molar-refractivity contribution in [3.63, 3.8) is 0 Å². The maximum absolute atomic E-state index is 10.8. The van der Waals surface area contributed by atoms with Crippen molar-refractivity contribution in [1.82, 2.24) is 0 Å². The first-order valence-electron chi connectivity index (χ1n) is 12.1. The van der Waals surface area contributed by atoms with E-state index in [1.165, 1.54) is 0 Å². The van der Waals surface area contributed by atoms with Crippen molar-refractivity contribution in [2.75, 3.05) is 0 Å². The largest absolute Gasteiger partial charge is 0.507 e. The van der Waals surface area contributed by atoms with Gasteiger partial charge in [-0.1, -0.05) is 37.6 Å². The number of rotatable bonds is 4. The zero-order valence-electron chi connectivity index (χ0n) is 21.0. The van der Waals surface area contributed by atoms with Gasteiger partial charge in [0.15, 0.2) is 11.5 Å². The summed E-state index contributed by atoms with van der Waals surface area (Å²) >= 11 is 0. The Hall–Kier alpha value is -2.96. The minimum atomic E-state index is -0.890. The number of hydrogen-bond acceptors (Lipinski definition) is 6. The number of phenols is 3. The topological polar surface area (TPSA) is 110 Å². The minimum Gasteiger partial charge on any atom is -0.507 e. The van der Waals surface area contributed by atoms with Crippen molar-refractivity contribution in [1.29, 1.82) is 0 Å². The number of ether oxygens (including phenoxy) is 1. The molecule has 2 aliphatic rings. The van der Waals surface area contributed by atoms with Crippen LogP contribution >= 0.6 is 0 Å². The maximum Gasteiger partial charge on any atom is 0.164 e. The molecular weight excluding hydrogens is 444 g/mol. The second-order valence-corrected chi connectivity index (χ2v) is 11.1. The number of allylic oxidation sites excluding steroid dienone is 2. The standard InChI is InChI=1S/C29H36O6/c1-16(2)6-9-20-21(30)11-18(12-22(20)31)8-7-17-10-19-14-25-28(3,4)27(34)24(33)15-29(25,5)35-26(19)23(32)13-17/h6-8,10-13,24-25,27,30-34H,9,14-15H2,1-5H3/b8-7+/t24-,25-,27-,29-/m1/s1. The van der Waals surface area contributed by atoms with Gasteiger partial charge in [0.1, 0.15) is 17.1 Å². The number of phenolic OH excluding ortho intramolecular Hbond substituents is 3. The fourth-order valence-electron chi connectivity index (χ4n) is 5.73. The van der Waals surface area contributed by atoms with Gasteiger partial charge in [-0.15, -0.1) is 0 Å². The first-order valence-corrected chi connectivity index (χ1v) is 12.1. The zero-order valence-corrected chi connectivity index (χ0v) is 21.0. The van der Waals surface area contributed by atoms with E-state index in [4.69, 9.17) is 4.74 Å². The van der Waals surface area contributed by atoms with Crippen molar-refractivity contribution in [2.24, 2.45) is 11.3 Å². The Bertz CT molecular complexity index is 1170. The smallest absolute Gasteiger partial charge is 0.164 e. The van der Waals surface area contributed by atoms with Crippen LogP contribution in [0, 0.1) is 11.3 Å². The number of hydrogen-bond donors (Lipinski definition) is 5. The Morgan fingerprint density at radius 3 is 2.11 bits per heavy atom. The molecule has 188 valence electrons. The lowest BCUT2D eigenvalue weighted by Gasteiger charge is -2.56. The molecule has 1 aliphatic heterocycles. The monoisotopic (exact) mass is 480 g/mol. The van der Waals surface area contributed by atoms with Crippen molar-refractivity contribution in [2.45, 2.75) is 71.7 Å². The van der Waals surface area contributed by atoms with E-state index < -0.39 is 23.2 Å². The summed E-state index contributed by atoms with van der Waals surface area (Å²) in [4.78, 5) is 0. The van der Waals surface area contributed by atoms with Gasteiger partial charge in [0, 0.05) is 23.3 Å². The van der Waals surface area contributed by atoms with Gasteiger partial charge < -0.3 is 30.3 Å². The predicted molar refractivity (Wildman–Crippen MR) is 137 cm³/mol. The van der Waals surface area contributed by atoms with Crippen molar-refractivity contribution in [3.05, 3.63) is 58.2 Å². The third kappa shape index (κ3) is 4.65. The van der Waals surface area contributed by atoms with E-state index in [9.17, 15) is 25.5 Å². The van der Waals surface area contributed by atoms with E-state index in [1.54, 1.807) is 24.3 Å². The van der Waals surface area contributed by atoms with E-state index in [-0.39, 0.29) is 23.2 Å². The van der Waals surface area contributed by atoms with Gasteiger partial charge in [-0.25, -0.2) is 0 Å². The third-order valence-electron chi connectivity index (χ3n) is 7.71. The molecule has 4 rings (SSSR count). The third-order valence-corrected chi connectivity index (χ3v) is 7.71. The molecule has 6 nitrogen and oxygen atoms in total. The highest BCUT2D eigenvalue weighted by atomic mass is 16.5. The highest BCUT2D eigenvalue weighted by Crippen LogP contribution is 2.54. The van der Waals surface area contributed by atoms with Gasteiger partial charge in [0.25, 0.3) is 0 Å². The van der Waals surface area contributed by atoms with E-state index in [0.29, 0.717) is 36.1 Å². The molecule has 1 fully saturated rings. The summed E-state index contributed by atoms with van der Waals surface area (Å²) < 4.78 is 6.29. The number of aliphatic hydroxyl groups excluding tert-OH is 2. The molecule has 0 saturated heterocycles. The van der Waals surface area contributed by atoms with Gasteiger partial charge in [-0.3, -0.25) is 0 Å². The quantitative estimate of drug-likeness (QED) is 0.313. The Morgan fingerprint density at radius 1 is 0.943 bits per heavy atom. The average Bonchev–Trinajstić information content (AvgIpc) is 2.75. The lowest BCUT2D eigenvalue weighted by molar-refractivity contribution is -0.187. The Balaban J connectivity index is 1.63. The van der Waals surface area contributed by atoms with E-state index in [0.717, 1.165) is 16.7 Å². The second kappa shape index (κ2) is 8.92. The fraction of sp³-hybridized carbons (Fsp3) is 0.448. The number of aromatic hydroxyl groups is 3. The Morgan fingerprint density at radius 2 is 1.51 bits per heavy atom. The van der Waals surface area contributed by atoms with E-state index in [2.05, 4.69) is 0 Å². The Labute approximate surface area is 206 Å². The lowest BCUT2D eigenvalue weighted by Crippen LogP contribution is -2.63. The van der Waals surface area contributed by atoms with Crippen LogP contribution in [-0.4, -0.2) is 43.3 Å². The summed E-state index contributed by atoms with van der Waals surface area (Å²) in [7, 11) is 0. The minimum absolute atomic E-state index is 0.0167. The second-order valence-electron chi connectivity index (χ2n) is 11.1. The van der Waals surface area contributed by atoms with Crippen LogP contribution in [0.25, 0.3) is 12.2 Å². The van der Waals surface area contributed by atoms with Gasteiger partial charge >= 0.3 is 0 Å². The SMILES string of the molecule is CC(C)=CCc1c(O)cc(/C=C/c2cc(O)c3c(c2)C[C@@H]2C(C)(C)[C@H](O)[C@H](O)C[C@@]2(C)O3)cc1O. The van der Waals surface area contributed by atoms with Crippen LogP contribution in [0.3, 0.4) is 0 Å². The summed E-state index contributed by atoms with van der Waals surface area (Å²) in [6.45, 7) is 9.75. The average molecular weight is 481 g/mol. The number of benzene rings is 2. The van der Waals surface area contributed by atoms with Crippen LogP contribution in [0.4, 0.5) is 0 Å². The molecule has 1 heterocycles. The van der Waals surface area contributed by atoms with E-state index >= 15 is 0 Å². The number of fused-ring (bicyclic) bond motifs is 2. The first kappa shape index (κ1) is 25.1. The maximum atomic E-state index is 10.8. The predicted octanol–water partition coefficient (Wildman–Crippen LogP) is 4.94. The van der Waals surface area contributed by atoms with Crippen LogP contribution in [-0.2, 0) is 12.8 Å². The molecule has 2 aromatic rings. The summed E-state index contributed by atoms with van der Waals surface area (Å²) in [6.07, 6.45) is 5.11. The lowest BCUT2D eigenvalue weighted by atomic mass is 9.57. The van der Waals surface area contributed by atoms with Gasteiger partial charge in [-0.05, 0) is 74.6 Å². The molecule has 6 heteroatoms. The highest BCUT2D eigenvalue weighted by molar-refractivity contribution is 5.73. The van der Waals surface area contributed by atoms with Crippen LogP contribution < -0.4 is 4.74 Å². The summed E-state index contributed by atoms with van der Waals surface area (Å²) in [5, 5.41) is 52.6. The van der Waals surface area contributed by atoms with Crippen molar-refractivity contribution in [3.8, 4) is 23.0 Å². The molecule has 2 aromatic carbocycles. The van der Waals surface area contributed by atoms with Crippen LogP contribution in [0.15, 0.2) is 35.9 Å². The molecule has 0 spiro atoms. The van der Waals surface area contributed by atoms with Gasteiger partial charge in [0.2, 0.25) is 0 Å². The first-order chi connectivity index (χ1) is 16.3. The molecule has 0 radical (unpaired) electrons.